The molecule has 2 N–H and O–H groups in total. The van der Waals surface area contributed by atoms with Gasteiger partial charge in [-0.1, -0.05) is 361 Å². The number of aliphatic hydroxyl groups is 1. The minimum Gasteiger partial charge on any atom is -0.756 e. The highest BCUT2D eigenvalue weighted by atomic mass is 31.2. The molecule has 0 radical (unpaired) electrons. The molecule has 0 aliphatic carbocycles. The van der Waals surface area contributed by atoms with Crippen LogP contribution in [0.5, 0.6) is 0 Å². The molecule has 0 bridgehead atoms. The standard InChI is InChI=1S/C79H145N2O6P/c1-6-8-10-12-14-16-18-20-22-24-26-28-30-32-34-36-37-38-39-40-41-42-43-45-47-49-51-53-55-57-59-61-63-65-67-69-71-73-79(83)80-77(76-87-88(84,85)86-75-74-81(3,4)5)78(82)72-70-68-66-64-62-60-58-56-54-52-50-48-46-44-35-33-31-29-27-25-23-21-19-17-15-13-11-9-7-2/h8,10,14,16,20,22,26,28,32,34,37-38,40-41,43,45,77-78,82H,6-7,9,11-13,15,17-19,21,23-25,27,29-31,33,35-36,39,42,44,46-76H2,1-5H3,(H-,80,83,84,85)/b10-8-,16-14-,22-20-,28-26-,34-32-,38-37-,41-40-,45-43-. The summed E-state index contributed by atoms with van der Waals surface area (Å²) < 4.78 is 23.6. The van der Waals surface area contributed by atoms with Crippen LogP contribution < -0.4 is 10.2 Å². The molecule has 0 saturated carbocycles. The maximum absolute atomic E-state index is 13.1. The Labute approximate surface area is 547 Å². The minimum absolute atomic E-state index is 0.00925. The molecule has 0 aliphatic rings. The number of quaternary nitrogens is 1. The summed E-state index contributed by atoms with van der Waals surface area (Å²) in [5, 5.41) is 14.1. The number of carbonyl (C=O) groups excluding carboxylic acids is 1. The second-order valence-electron chi connectivity index (χ2n) is 26.6. The first kappa shape index (κ1) is 85.4. The summed E-state index contributed by atoms with van der Waals surface area (Å²) in [6.07, 6.45) is 99.2. The molecule has 0 fully saturated rings. The molecule has 0 aromatic rings. The van der Waals surface area contributed by atoms with E-state index in [4.69, 9.17) is 9.05 Å². The Morgan fingerprint density at radius 1 is 0.409 bits per heavy atom. The van der Waals surface area contributed by atoms with Gasteiger partial charge in [0.25, 0.3) is 7.82 Å². The van der Waals surface area contributed by atoms with Crippen LogP contribution in [0.25, 0.3) is 0 Å². The van der Waals surface area contributed by atoms with Gasteiger partial charge < -0.3 is 28.8 Å². The van der Waals surface area contributed by atoms with E-state index in [9.17, 15) is 19.4 Å². The first-order valence-electron chi connectivity index (χ1n) is 37.6. The molecule has 512 valence electrons. The number of nitrogens with zero attached hydrogens (tertiary/aromatic N) is 1. The average Bonchev–Trinajstić information content (AvgIpc) is 3.70. The molecule has 3 unspecified atom stereocenters. The summed E-state index contributed by atoms with van der Waals surface area (Å²) in [5.41, 5.74) is 0. The quantitative estimate of drug-likeness (QED) is 0.0272. The number of likely N-dealkylation sites (N-methyl/N-ethyl adjacent to an activating group) is 1. The zero-order chi connectivity index (χ0) is 64.1. The monoisotopic (exact) mass is 1250 g/mol. The van der Waals surface area contributed by atoms with Gasteiger partial charge in [0.15, 0.2) is 0 Å². The van der Waals surface area contributed by atoms with Gasteiger partial charge in [0.1, 0.15) is 13.2 Å². The molecular weight excluding hydrogens is 1100 g/mol. The molecule has 88 heavy (non-hydrogen) atoms. The van der Waals surface area contributed by atoms with Gasteiger partial charge in [-0.05, 0) is 77.0 Å². The van der Waals surface area contributed by atoms with Crippen molar-refractivity contribution in [3.63, 3.8) is 0 Å². The van der Waals surface area contributed by atoms with Crippen molar-refractivity contribution in [2.75, 3.05) is 40.9 Å². The lowest BCUT2D eigenvalue weighted by atomic mass is 10.0. The lowest BCUT2D eigenvalue weighted by Gasteiger charge is -2.30. The SMILES string of the molecule is CC/C=C\C/C=C\C/C=C\C/C=C\C/C=C\C/C=C\C/C=C\C/C=C\CCCCCCCCCCCCCCC(=O)NC(COP(=O)([O-])OCC[N+](C)(C)C)C(O)CCCCCCCCCCCCCCCCCCCCCCCCCCCCCCC. The maximum Gasteiger partial charge on any atom is 0.268 e. The summed E-state index contributed by atoms with van der Waals surface area (Å²) in [4.78, 5) is 25.7. The Morgan fingerprint density at radius 2 is 0.693 bits per heavy atom. The van der Waals surface area contributed by atoms with Crippen LogP contribution in [0, 0.1) is 0 Å². The van der Waals surface area contributed by atoms with Gasteiger partial charge in [-0.25, -0.2) is 0 Å². The Morgan fingerprint density at radius 3 is 1.01 bits per heavy atom. The molecule has 0 saturated heterocycles. The Hall–Kier alpha value is -2.58. The van der Waals surface area contributed by atoms with Crippen molar-refractivity contribution in [2.24, 2.45) is 0 Å². The van der Waals surface area contributed by atoms with Gasteiger partial charge in [0.2, 0.25) is 5.91 Å². The number of phosphoric ester groups is 1. The summed E-state index contributed by atoms with van der Waals surface area (Å²) in [6, 6.07) is -0.809. The van der Waals surface area contributed by atoms with Gasteiger partial charge in [-0.15, -0.1) is 0 Å². The van der Waals surface area contributed by atoms with Gasteiger partial charge in [0, 0.05) is 6.42 Å². The van der Waals surface area contributed by atoms with Crippen molar-refractivity contribution < 1.29 is 32.9 Å². The van der Waals surface area contributed by atoms with E-state index in [1.54, 1.807) is 0 Å². The van der Waals surface area contributed by atoms with Crippen molar-refractivity contribution >= 4 is 13.7 Å². The van der Waals surface area contributed by atoms with E-state index in [0.717, 1.165) is 89.9 Å². The van der Waals surface area contributed by atoms with Crippen molar-refractivity contribution in [3.05, 3.63) is 97.2 Å². The lowest BCUT2D eigenvalue weighted by molar-refractivity contribution is -0.870. The van der Waals surface area contributed by atoms with Crippen LogP contribution in [-0.4, -0.2) is 68.5 Å². The number of rotatable bonds is 69. The predicted molar refractivity (Wildman–Crippen MR) is 385 cm³/mol. The summed E-state index contributed by atoms with van der Waals surface area (Å²) >= 11 is 0. The van der Waals surface area contributed by atoms with Crippen LogP contribution in [-0.2, 0) is 18.4 Å². The molecular formula is C79H145N2O6P. The fourth-order valence-corrected chi connectivity index (χ4v) is 11.8. The van der Waals surface area contributed by atoms with E-state index >= 15 is 0 Å². The molecule has 8 nitrogen and oxygen atoms in total. The molecule has 0 aromatic carbocycles. The normalized spacial score (nSPS) is 14.1. The number of phosphoric acid groups is 1. The maximum atomic E-state index is 13.1. The molecule has 1 amide bonds. The molecule has 9 heteroatoms. The Bertz CT molecular complexity index is 1760. The number of allylic oxidation sites excluding steroid dienone is 16. The Kier molecular flexibility index (Phi) is 66.8. The summed E-state index contributed by atoms with van der Waals surface area (Å²) in [7, 11) is 1.31. The van der Waals surface area contributed by atoms with E-state index < -0.39 is 20.0 Å². The highest BCUT2D eigenvalue weighted by molar-refractivity contribution is 7.45. The first-order chi connectivity index (χ1) is 43.0. The van der Waals surface area contributed by atoms with Gasteiger partial charge in [-0.2, -0.15) is 0 Å². The van der Waals surface area contributed by atoms with Gasteiger partial charge >= 0.3 is 0 Å². The molecule has 0 heterocycles. The van der Waals surface area contributed by atoms with Crippen molar-refractivity contribution in [3.8, 4) is 0 Å². The zero-order valence-electron chi connectivity index (χ0n) is 58.7. The number of hydrogen-bond acceptors (Lipinski definition) is 6. The fourth-order valence-electron chi connectivity index (χ4n) is 11.1. The molecule has 0 aliphatic heterocycles. The Balaban J connectivity index is 4.03. The first-order valence-corrected chi connectivity index (χ1v) is 39.0. The number of aliphatic hydroxyl groups excluding tert-OH is 1. The van der Waals surface area contributed by atoms with Crippen LogP contribution in [0.4, 0.5) is 0 Å². The number of amides is 1. The summed E-state index contributed by atoms with van der Waals surface area (Å²) in [5.74, 6) is -0.165. The predicted octanol–water partition coefficient (Wildman–Crippen LogP) is 23.8. The number of carbonyl (C=O) groups is 1. The zero-order valence-corrected chi connectivity index (χ0v) is 59.6. The third kappa shape index (κ3) is 70.9. The van der Waals surface area contributed by atoms with Crippen LogP contribution in [0.15, 0.2) is 97.2 Å². The smallest absolute Gasteiger partial charge is 0.268 e. The van der Waals surface area contributed by atoms with E-state index in [-0.39, 0.29) is 19.1 Å². The largest absolute Gasteiger partial charge is 0.756 e. The number of nitrogens with one attached hydrogen (secondary N) is 1. The van der Waals surface area contributed by atoms with Crippen LogP contribution in [0.1, 0.15) is 348 Å². The minimum atomic E-state index is -4.59. The fraction of sp³-hybridized carbons (Fsp3) is 0.785. The van der Waals surface area contributed by atoms with Crippen molar-refractivity contribution in [2.45, 2.75) is 360 Å². The van der Waals surface area contributed by atoms with Crippen molar-refractivity contribution in [1.29, 1.82) is 0 Å². The van der Waals surface area contributed by atoms with Crippen LogP contribution in [0.3, 0.4) is 0 Å². The second kappa shape index (κ2) is 68.8. The van der Waals surface area contributed by atoms with E-state index in [2.05, 4.69) is 116 Å². The van der Waals surface area contributed by atoms with Crippen molar-refractivity contribution in [1.82, 2.24) is 5.32 Å². The van der Waals surface area contributed by atoms with Gasteiger partial charge in [0.05, 0.1) is 39.9 Å². The number of unbranched alkanes of at least 4 members (excludes halogenated alkanes) is 40. The average molecular weight is 1250 g/mol. The molecule has 0 rings (SSSR count). The second-order valence-corrected chi connectivity index (χ2v) is 28.0. The van der Waals surface area contributed by atoms with Gasteiger partial charge in [-0.3, -0.25) is 9.36 Å². The van der Waals surface area contributed by atoms with Crippen LogP contribution in [0.2, 0.25) is 0 Å². The topological polar surface area (TPSA) is 108 Å². The van der Waals surface area contributed by atoms with E-state index in [1.807, 2.05) is 21.1 Å². The highest BCUT2D eigenvalue weighted by Crippen LogP contribution is 2.38. The lowest BCUT2D eigenvalue weighted by Crippen LogP contribution is -2.46. The van der Waals surface area contributed by atoms with E-state index in [0.29, 0.717) is 23.9 Å². The molecule has 0 spiro atoms. The van der Waals surface area contributed by atoms with Crippen LogP contribution >= 0.6 is 7.82 Å². The summed E-state index contributed by atoms with van der Waals surface area (Å²) in [6.45, 7) is 4.64. The molecule has 3 atom stereocenters. The molecule has 0 aromatic heterocycles. The highest BCUT2D eigenvalue weighted by Gasteiger charge is 2.24. The third-order valence-corrected chi connectivity index (χ3v) is 17.8. The number of hydrogen-bond donors (Lipinski definition) is 2. The third-order valence-electron chi connectivity index (χ3n) is 16.8. The van der Waals surface area contributed by atoms with E-state index in [1.165, 1.54) is 231 Å².